The van der Waals surface area contributed by atoms with Crippen molar-refractivity contribution in [2.75, 3.05) is 18.5 Å². The Bertz CT molecular complexity index is 618. The van der Waals surface area contributed by atoms with E-state index in [0.29, 0.717) is 13.2 Å². The standard InChI is InChI=1S/C17H19Cl2NO/c1-11-4-5-14(10-16(11)18)20-6-7-21-15-8-12(2)17(19)13(3)9-15/h4-5,8-10,20H,6-7H2,1-3H3. The van der Waals surface area contributed by atoms with E-state index in [2.05, 4.69) is 5.32 Å². The molecule has 0 heterocycles. The molecule has 0 spiro atoms. The molecule has 0 unspecified atom stereocenters. The second kappa shape index (κ2) is 7.06. The van der Waals surface area contributed by atoms with E-state index in [-0.39, 0.29) is 0 Å². The smallest absolute Gasteiger partial charge is 0.120 e. The number of halogens is 2. The number of nitrogens with one attached hydrogen (secondary N) is 1. The van der Waals surface area contributed by atoms with Gasteiger partial charge >= 0.3 is 0 Å². The molecule has 0 saturated carbocycles. The molecule has 112 valence electrons. The molecule has 0 atom stereocenters. The van der Waals surface area contributed by atoms with E-state index in [0.717, 1.165) is 38.2 Å². The highest BCUT2D eigenvalue weighted by molar-refractivity contribution is 6.32. The van der Waals surface area contributed by atoms with E-state index in [4.69, 9.17) is 27.9 Å². The van der Waals surface area contributed by atoms with Crippen LogP contribution in [0, 0.1) is 20.8 Å². The van der Waals surface area contributed by atoms with Crippen LogP contribution in [0.5, 0.6) is 5.75 Å². The highest BCUT2D eigenvalue weighted by Gasteiger charge is 2.03. The van der Waals surface area contributed by atoms with Gasteiger partial charge in [0, 0.05) is 22.3 Å². The normalized spacial score (nSPS) is 10.5. The molecule has 0 saturated heterocycles. The van der Waals surface area contributed by atoms with Gasteiger partial charge in [0.25, 0.3) is 0 Å². The lowest BCUT2D eigenvalue weighted by atomic mass is 10.1. The second-order valence-electron chi connectivity index (χ2n) is 5.11. The van der Waals surface area contributed by atoms with E-state index < -0.39 is 0 Å². The predicted molar refractivity (Wildman–Crippen MR) is 91.1 cm³/mol. The van der Waals surface area contributed by atoms with Crippen LogP contribution in [0.15, 0.2) is 30.3 Å². The minimum absolute atomic E-state index is 0.575. The van der Waals surface area contributed by atoms with E-state index in [1.165, 1.54) is 0 Å². The fourth-order valence-electron chi connectivity index (χ4n) is 2.06. The summed E-state index contributed by atoms with van der Waals surface area (Å²) in [5.74, 6) is 0.845. The van der Waals surface area contributed by atoms with Crippen molar-refractivity contribution in [2.45, 2.75) is 20.8 Å². The molecule has 0 aliphatic heterocycles. The first-order valence-corrected chi connectivity index (χ1v) is 7.62. The maximum absolute atomic E-state index is 6.14. The number of benzene rings is 2. The molecule has 2 aromatic rings. The van der Waals surface area contributed by atoms with Crippen LogP contribution >= 0.6 is 23.2 Å². The van der Waals surface area contributed by atoms with Gasteiger partial charge in [-0.05, 0) is 61.7 Å². The molecule has 2 nitrogen and oxygen atoms in total. The quantitative estimate of drug-likeness (QED) is 0.743. The average molecular weight is 324 g/mol. The molecule has 0 radical (unpaired) electrons. The lowest BCUT2D eigenvalue weighted by molar-refractivity contribution is 0.332. The van der Waals surface area contributed by atoms with Crippen molar-refractivity contribution < 1.29 is 4.74 Å². The lowest BCUT2D eigenvalue weighted by Crippen LogP contribution is -2.11. The Balaban J connectivity index is 1.86. The maximum Gasteiger partial charge on any atom is 0.120 e. The number of anilines is 1. The van der Waals surface area contributed by atoms with Crippen molar-refractivity contribution in [1.29, 1.82) is 0 Å². The summed E-state index contributed by atoms with van der Waals surface area (Å²) in [6.45, 7) is 7.23. The van der Waals surface area contributed by atoms with Crippen molar-refractivity contribution in [2.24, 2.45) is 0 Å². The third-order valence-electron chi connectivity index (χ3n) is 3.28. The maximum atomic E-state index is 6.14. The van der Waals surface area contributed by atoms with Crippen LogP contribution in [0.3, 0.4) is 0 Å². The van der Waals surface area contributed by atoms with Gasteiger partial charge in [-0.3, -0.25) is 0 Å². The first kappa shape index (κ1) is 16.0. The highest BCUT2D eigenvalue weighted by atomic mass is 35.5. The molecule has 4 heteroatoms. The zero-order valence-corrected chi connectivity index (χ0v) is 14.0. The summed E-state index contributed by atoms with van der Waals surface area (Å²) in [7, 11) is 0. The summed E-state index contributed by atoms with van der Waals surface area (Å²) in [6.07, 6.45) is 0. The van der Waals surface area contributed by atoms with E-state index in [1.807, 2.05) is 51.1 Å². The Kier molecular flexibility index (Phi) is 5.38. The van der Waals surface area contributed by atoms with Gasteiger partial charge in [0.15, 0.2) is 0 Å². The van der Waals surface area contributed by atoms with Gasteiger partial charge in [-0.15, -0.1) is 0 Å². The first-order chi connectivity index (χ1) is 9.97. The van der Waals surface area contributed by atoms with E-state index in [1.54, 1.807) is 0 Å². The van der Waals surface area contributed by atoms with Gasteiger partial charge in [0.05, 0.1) is 0 Å². The molecule has 0 amide bonds. The molecule has 0 aliphatic rings. The Labute approximate surface area is 136 Å². The summed E-state index contributed by atoms with van der Waals surface area (Å²) < 4.78 is 5.74. The molecule has 0 fully saturated rings. The van der Waals surface area contributed by atoms with Crippen LogP contribution in [0.1, 0.15) is 16.7 Å². The van der Waals surface area contributed by atoms with E-state index in [9.17, 15) is 0 Å². The molecule has 0 aromatic heterocycles. The van der Waals surface area contributed by atoms with Crippen molar-refractivity contribution >= 4 is 28.9 Å². The molecule has 2 aromatic carbocycles. The largest absolute Gasteiger partial charge is 0.492 e. The van der Waals surface area contributed by atoms with Crippen molar-refractivity contribution in [3.05, 3.63) is 57.1 Å². The zero-order valence-electron chi connectivity index (χ0n) is 12.5. The van der Waals surface area contributed by atoms with Crippen molar-refractivity contribution in [3.63, 3.8) is 0 Å². The van der Waals surface area contributed by atoms with Crippen LogP contribution in [0.2, 0.25) is 10.0 Å². The molecule has 1 N–H and O–H groups in total. The Morgan fingerprint density at radius 1 is 0.952 bits per heavy atom. The van der Waals surface area contributed by atoms with Crippen molar-refractivity contribution in [3.8, 4) is 5.75 Å². The average Bonchev–Trinajstić information content (AvgIpc) is 2.44. The molecule has 21 heavy (non-hydrogen) atoms. The summed E-state index contributed by atoms with van der Waals surface area (Å²) in [5.41, 5.74) is 4.14. The van der Waals surface area contributed by atoms with Crippen LogP contribution in [-0.2, 0) is 0 Å². The van der Waals surface area contributed by atoms with Gasteiger partial charge in [-0.25, -0.2) is 0 Å². The van der Waals surface area contributed by atoms with Crippen LogP contribution < -0.4 is 10.1 Å². The number of aryl methyl sites for hydroxylation is 3. The zero-order chi connectivity index (χ0) is 15.4. The topological polar surface area (TPSA) is 21.3 Å². The third-order valence-corrected chi connectivity index (χ3v) is 4.29. The van der Waals surface area contributed by atoms with Gasteiger partial charge in [-0.2, -0.15) is 0 Å². The Morgan fingerprint density at radius 3 is 2.24 bits per heavy atom. The molecule has 2 rings (SSSR count). The molecular weight excluding hydrogens is 305 g/mol. The van der Waals surface area contributed by atoms with E-state index >= 15 is 0 Å². The number of hydrogen-bond acceptors (Lipinski definition) is 2. The number of rotatable bonds is 5. The van der Waals surface area contributed by atoms with Gasteiger partial charge in [0.2, 0.25) is 0 Å². The minimum atomic E-state index is 0.575. The monoisotopic (exact) mass is 323 g/mol. The fourth-order valence-corrected chi connectivity index (χ4v) is 2.35. The summed E-state index contributed by atoms with van der Waals surface area (Å²) >= 11 is 12.2. The van der Waals surface area contributed by atoms with Gasteiger partial charge in [-0.1, -0.05) is 29.3 Å². The molecular formula is C17H19Cl2NO. The Hall–Kier alpha value is -1.38. The van der Waals surface area contributed by atoms with Crippen LogP contribution in [0.25, 0.3) is 0 Å². The number of ether oxygens (including phenoxy) is 1. The Morgan fingerprint density at radius 2 is 1.62 bits per heavy atom. The minimum Gasteiger partial charge on any atom is -0.492 e. The third kappa shape index (κ3) is 4.29. The van der Waals surface area contributed by atoms with Gasteiger partial charge in [0.1, 0.15) is 12.4 Å². The number of hydrogen-bond donors (Lipinski definition) is 1. The second-order valence-corrected chi connectivity index (χ2v) is 5.90. The SMILES string of the molecule is Cc1ccc(NCCOc2cc(C)c(Cl)c(C)c2)cc1Cl. The molecule has 0 bridgehead atoms. The molecule has 0 aliphatic carbocycles. The predicted octanol–water partition coefficient (Wildman–Crippen LogP) is 5.41. The lowest BCUT2D eigenvalue weighted by Gasteiger charge is -2.11. The van der Waals surface area contributed by atoms with Crippen LogP contribution in [-0.4, -0.2) is 13.2 Å². The van der Waals surface area contributed by atoms with Gasteiger partial charge < -0.3 is 10.1 Å². The first-order valence-electron chi connectivity index (χ1n) is 6.87. The van der Waals surface area contributed by atoms with Crippen molar-refractivity contribution in [1.82, 2.24) is 0 Å². The fraction of sp³-hybridized carbons (Fsp3) is 0.294. The highest BCUT2D eigenvalue weighted by Crippen LogP contribution is 2.25. The van der Waals surface area contributed by atoms with Crippen LogP contribution in [0.4, 0.5) is 5.69 Å². The summed E-state index contributed by atoms with van der Waals surface area (Å²) in [5, 5.41) is 4.86. The summed E-state index contributed by atoms with van der Waals surface area (Å²) in [4.78, 5) is 0. The summed E-state index contributed by atoms with van der Waals surface area (Å²) in [6, 6.07) is 9.85.